The van der Waals surface area contributed by atoms with Crippen LogP contribution < -0.4 is 5.32 Å². The summed E-state index contributed by atoms with van der Waals surface area (Å²) in [5, 5.41) is 2.79. The van der Waals surface area contributed by atoms with Crippen molar-refractivity contribution in [2.75, 3.05) is 5.32 Å². The lowest BCUT2D eigenvalue weighted by molar-refractivity contribution is -0.112. The summed E-state index contributed by atoms with van der Waals surface area (Å²) in [6.07, 6.45) is 2.94. The molecule has 1 aromatic rings. The summed E-state index contributed by atoms with van der Waals surface area (Å²) in [7, 11) is 0. The second kappa shape index (κ2) is 4.72. The topological polar surface area (TPSA) is 54.9 Å². The lowest BCUT2D eigenvalue weighted by Gasteiger charge is -1.99. The van der Waals surface area contributed by atoms with Crippen molar-refractivity contribution >= 4 is 23.5 Å². The molecule has 1 amide bonds. The molecule has 1 rings (SSSR count). The number of aromatic nitrogens is 2. The van der Waals surface area contributed by atoms with Gasteiger partial charge in [-0.15, -0.1) is 0 Å². The number of amides is 1. The zero-order chi connectivity index (χ0) is 10.6. The van der Waals surface area contributed by atoms with Crippen LogP contribution >= 0.6 is 11.6 Å². The van der Waals surface area contributed by atoms with Crippen molar-refractivity contribution in [2.24, 2.45) is 0 Å². The first kappa shape index (κ1) is 10.7. The van der Waals surface area contributed by atoms with E-state index < -0.39 is 0 Å². The molecule has 0 aliphatic rings. The van der Waals surface area contributed by atoms with Crippen LogP contribution in [0.1, 0.15) is 13.8 Å². The summed E-state index contributed by atoms with van der Waals surface area (Å²) >= 11 is 5.62. The van der Waals surface area contributed by atoms with E-state index in [1.54, 1.807) is 0 Å². The molecule has 0 aliphatic heterocycles. The molecule has 5 heteroatoms. The number of halogens is 1. The first-order chi connectivity index (χ1) is 6.58. The molecular weight excluding hydrogens is 202 g/mol. The zero-order valence-electron chi connectivity index (χ0n) is 7.91. The Balaban J connectivity index is 2.70. The summed E-state index contributed by atoms with van der Waals surface area (Å²) in [5.74, 6) is -0.0488. The van der Waals surface area contributed by atoms with Gasteiger partial charge in [0.1, 0.15) is 5.15 Å². The number of nitrogens with one attached hydrogen (secondary N) is 1. The quantitative estimate of drug-likeness (QED) is 0.602. The van der Waals surface area contributed by atoms with Crippen molar-refractivity contribution in [1.29, 1.82) is 0 Å². The molecule has 0 radical (unpaired) electrons. The highest BCUT2D eigenvalue weighted by Crippen LogP contribution is 2.05. The number of hydrogen-bond acceptors (Lipinski definition) is 3. The number of carbonyl (C=O) groups is 1. The molecule has 0 saturated carbocycles. The van der Waals surface area contributed by atoms with Gasteiger partial charge >= 0.3 is 0 Å². The van der Waals surface area contributed by atoms with Crippen molar-refractivity contribution in [3.05, 3.63) is 29.1 Å². The standard InChI is InChI=1S/C9H10ClN3O/c1-6(2)5-8(14)13-9-11-4-3-7(10)12-9/h3-5H,1-2H3,(H,11,12,13,14). The summed E-state index contributed by atoms with van der Waals surface area (Å²) in [5.41, 5.74) is 0.907. The average molecular weight is 212 g/mol. The summed E-state index contributed by atoms with van der Waals surface area (Å²) in [6.45, 7) is 3.66. The maximum atomic E-state index is 11.2. The highest BCUT2D eigenvalue weighted by atomic mass is 35.5. The molecule has 1 aromatic heterocycles. The molecule has 1 N–H and O–H groups in total. The monoisotopic (exact) mass is 211 g/mol. The normalized spacial score (nSPS) is 9.36. The fourth-order valence-corrected chi connectivity index (χ4v) is 0.942. The van der Waals surface area contributed by atoms with Gasteiger partial charge in [0.15, 0.2) is 0 Å². The molecule has 74 valence electrons. The maximum absolute atomic E-state index is 11.2. The Morgan fingerprint density at radius 1 is 1.57 bits per heavy atom. The van der Waals surface area contributed by atoms with Crippen LogP contribution in [0.3, 0.4) is 0 Å². The lowest BCUT2D eigenvalue weighted by Crippen LogP contribution is -2.11. The van der Waals surface area contributed by atoms with Gasteiger partial charge in [-0.2, -0.15) is 0 Å². The Kier molecular flexibility index (Phi) is 3.59. The second-order valence-corrected chi connectivity index (χ2v) is 3.30. The smallest absolute Gasteiger partial charge is 0.250 e. The molecule has 0 unspecified atom stereocenters. The molecule has 4 nitrogen and oxygen atoms in total. The van der Waals surface area contributed by atoms with Gasteiger partial charge in [0.2, 0.25) is 5.95 Å². The molecule has 0 bridgehead atoms. The van der Waals surface area contributed by atoms with Crippen molar-refractivity contribution in [3.8, 4) is 0 Å². The fourth-order valence-electron chi connectivity index (χ4n) is 0.805. The minimum Gasteiger partial charge on any atom is -0.291 e. The average Bonchev–Trinajstić information content (AvgIpc) is 2.01. The summed E-state index contributed by atoms with van der Waals surface area (Å²) < 4.78 is 0. The van der Waals surface area contributed by atoms with E-state index in [9.17, 15) is 4.79 Å². The van der Waals surface area contributed by atoms with Crippen LogP contribution in [0.25, 0.3) is 0 Å². The highest BCUT2D eigenvalue weighted by Gasteiger charge is 2.00. The molecule has 14 heavy (non-hydrogen) atoms. The lowest BCUT2D eigenvalue weighted by atomic mass is 10.3. The molecule has 0 spiro atoms. The molecule has 1 heterocycles. The Labute approximate surface area is 87.0 Å². The van der Waals surface area contributed by atoms with E-state index >= 15 is 0 Å². The van der Waals surface area contributed by atoms with E-state index in [0.29, 0.717) is 5.15 Å². The van der Waals surface area contributed by atoms with E-state index in [2.05, 4.69) is 15.3 Å². The molecule has 0 fully saturated rings. The Bertz CT molecular complexity index is 372. The second-order valence-electron chi connectivity index (χ2n) is 2.91. The van der Waals surface area contributed by atoms with Crippen molar-refractivity contribution in [2.45, 2.75) is 13.8 Å². The first-order valence-corrected chi connectivity index (χ1v) is 4.40. The zero-order valence-corrected chi connectivity index (χ0v) is 8.67. The van der Waals surface area contributed by atoms with Gasteiger partial charge in [0.05, 0.1) is 0 Å². The van der Waals surface area contributed by atoms with Gasteiger partial charge in [-0.3, -0.25) is 10.1 Å². The van der Waals surface area contributed by atoms with E-state index in [-0.39, 0.29) is 11.9 Å². The predicted octanol–water partition coefficient (Wildman–Crippen LogP) is 2.03. The van der Waals surface area contributed by atoms with Crippen LogP contribution in [0.5, 0.6) is 0 Å². The fraction of sp³-hybridized carbons (Fsp3) is 0.222. The predicted molar refractivity (Wildman–Crippen MR) is 55.1 cm³/mol. The van der Waals surface area contributed by atoms with Crippen LogP contribution in [0.4, 0.5) is 5.95 Å². The van der Waals surface area contributed by atoms with Crippen LogP contribution in [0, 0.1) is 0 Å². The maximum Gasteiger partial charge on any atom is 0.250 e. The van der Waals surface area contributed by atoms with Crippen molar-refractivity contribution in [3.63, 3.8) is 0 Å². The minimum atomic E-state index is -0.257. The highest BCUT2D eigenvalue weighted by molar-refractivity contribution is 6.29. The third-order valence-electron chi connectivity index (χ3n) is 1.28. The van der Waals surface area contributed by atoms with Crippen LogP contribution in [-0.2, 0) is 4.79 Å². The van der Waals surface area contributed by atoms with Gasteiger partial charge in [-0.05, 0) is 19.9 Å². The number of hydrogen-bond donors (Lipinski definition) is 1. The number of anilines is 1. The number of nitrogens with zero attached hydrogens (tertiary/aromatic N) is 2. The van der Waals surface area contributed by atoms with E-state index in [1.165, 1.54) is 18.3 Å². The van der Waals surface area contributed by atoms with Gasteiger partial charge in [-0.25, -0.2) is 9.97 Å². The van der Waals surface area contributed by atoms with E-state index in [0.717, 1.165) is 5.57 Å². The third kappa shape index (κ3) is 3.53. The molecule has 0 atom stereocenters. The number of carbonyl (C=O) groups excluding carboxylic acids is 1. The van der Waals surface area contributed by atoms with Crippen LogP contribution in [0.2, 0.25) is 5.15 Å². The molecule has 0 saturated heterocycles. The Morgan fingerprint density at radius 3 is 2.86 bits per heavy atom. The molecular formula is C9H10ClN3O. The van der Waals surface area contributed by atoms with Crippen molar-refractivity contribution < 1.29 is 4.79 Å². The Hall–Kier alpha value is -1.42. The van der Waals surface area contributed by atoms with Gasteiger partial charge in [0, 0.05) is 12.3 Å². The largest absolute Gasteiger partial charge is 0.291 e. The summed E-state index contributed by atoms with van der Waals surface area (Å²) in [6, 6.07) is 1.54. The van der Waals surface area contributed by atoms with E-state index in [4.69, 9.17) is 11.6 Å². The first-order valence-electron chi connectivity index (χ1n) is 4.02. The number of rotatable bonds is 2. The van der Waals surface area contributed by atoms with Gasteiger partial charge in [-0.1, -0.05) is 17.2 Å². The van der Waals surface area contributed by atoms with Gasteiger partial charge < -0.3 is 0 Å². The van der Waals surface area contributed by atoms with Gasteiger partial charge in [0.25, 0.3) is 5.91 Å². The SMILES string of the molecule is CC(C)=CC(=O)Nc1nccc(Cl)n1. The molecule has 0 aliphatic carbocycles. The molecule has 0 aromatic carbocycles. The van der Waals surface area contributed by atoms with Crippen LogP contribution in [-0.4, -0.2) is 15.9 Å². The summed E-state index contributed by atoms with van der Waals surface area (Å²) in [4.78, 5) is 18.9. The third-order valence-corrected chi connectivity index (χ3v) is 1.49. The Morgan fingerprint density at radius 2 is 2.29 bits per heavy atom. The van der Waals surface area contributed by atoms with Crippen molar-refractivity contribution in [1.82, 2.24) is 9.97 Å². The van der Waals surface area contributed by atoms with Crippen LogP contribution in [0.15, 0.2) is 23.9 Å². The minimum absolute atomic E-state index is 0.208. The van der Waals surface area contributed by atoms with E-state index in [1.807, 2.05) is 13.8 Å². The number of allylic oxidation sites excluding steroid dienone is 1.